The van der Waals surface area contributed by atoms with Crippen molar-refractivity contribution in [2.45, 2.75) is 70.6 Å². The Hall–Kier alpha value is -1.30. The number of ether oxygens (including phenoxy) is 1. The Kier molecular flexibility index (Phi) is 5.32. The minimum Gasteiger partial charge on any atom is -0.481 e. The maximum absolute atomic E-state index is 11.9. The van der Waals surface area contributed by atoms with Crippen molar-refractivity contribution in [3.05, 3.63) is 0 Å². The number of amides is 1. The molecule has 126 valence electrons. The lowest BCUT2D eigenvalue weighted by Gasteiger charge is -2.39. The van der Waals surface area contributed by atoms with Crippen LogP contribution in [0.4, 0.5) is 4.79 Å². The number of carbonyl (C=O) groups is 2. The van der Waals surface area contributed by atoms with E-state index in [1.165, 1.54) is 12.8 Å². The highest BCUT2D eigenvalue weighted by Gasteiger charge is 2.36. The molecule has 2 N–H and O–H groups in total. The molecule has 0 aromatic heterocycles. The van der Waals surface area contributed by atoms with Crippen molar-refractivity contribution < 1.29 is 19.4 Å². The van der Waals surface area contributed by atoms with Crippen LogP contribution in [0.1, 0.15) is 52.9 Å². The summed E-state index contributed by atoms with van der Waals surface area (Å²) in [5, 5.41) is 12.2. The number of alkyl carbamates (subject to hydrolysis) is 1. The molecule has 1 amide bonds. The Morgan fingerprint density at radius 1 is 1.18 bits per heavy atom. The third-order valence-corrected chi connectivity index (χ3v) is 4.39. The molecule has 0 spiro atoms. The van der Waals surface area contributed by atoms with Gasteiger partial charge in [-0.15, -0.1) is 0 Å². The number of aliphatic carboxylic acids is 1. The van der Waals surface area contributed by atoms with Crippen molar-refractivity contribution in [2.24, 2.45) is 5.92 Å². The van der Waals surface area contributed by atoms with Crippen LogP contribution in [0.2, 0.25) is 0 Å². The van der Waals surface area contributed by atoms with Crippen molar-refractivity contribution >= 4 is 12.1 Å². The molecule has 2 atom stereocenters. The molecule has 6 nitrogen and oxygen atoms in total. The van der Waals surface area contributed by atoms with Crippen LogP contribution in [0, 0.1) is 5.92 Å². The van der Waals surface area contributed by atoms with Gasteiger partial charge < -0.3 is 15.2 Å². The highest BCUT2D eigenvalue weighted by molar-refractivity contribution is 5.71. The minimum absolute atomic E-state index is 0.162. The van der Waals surface area contributed by atoms with Gasteiger partial charge in [-0.25, -0.2) is 4.79 Å². The molecule has 2 aliphatic rings. The average molecular weight is 312 g/mol. The van der Waals surface area contributed by atoms with E-state index in [4.69, 9.17) is 4.74 Å². The predicted octanol–water partition coefficient (Wildman–Crippen LogP) is 2.23. The quantitative estimate of drug-likeness (QED) is 0.835. The molecule has 2 unspecified atom stereocenters. The third-order valence-electron chi connectivity index (χ3n) is 4.39. The summed E-state index contributed by atoms with van der Waals surface area (Å²) < 4.78 is 5.28. The molecule has 0 aromatic carbocycles. The summed E-state index contributed by atoms with van der Waals surface area (Å²) >= 11 is 0. The molecule has 2 fully saturated rings. The van der Waals surface area contributed by atoms with Crippen LogP contribution in [-0.4, -0.2) is 52.8 Å². The highest BCUT2D eigenvalue weighted by atomic mass is 16.6. The number of carbonyl (C=O) groups excluding carboxylic acids is 1. The van der Waals surface area contributed by atoms with Gasteiger partial charge >= 0.3 is 12.1 Å². The van der Waals surface area contributed by atoms with Gasteiger partial charge in [-0.05, 0) is 40.0 Å². The Morgan fingerprint density at radius 3 is 2.36 bits per heavy atom. The Bertz CT molecular complexity index is 413. The second-order valence-corrected chi connectivity index (χ2v) is 7.51. The molecule has 1 aliphatic carbocycles. The maximum atomic E-state index is 11.9. The number of likely N-dealkylation sites (tertiary alicyclic amines) is 1. The SMILES string of the molecule is CC(C)(C)OC(=O)NC1CC(C(=O)O)CN(C2CCCC2)C1. The Morgan fingerprint density at radius 2 is 1.82 bits per heavy atom. The normalized spacial score (nSPS) is 27.6. The summed E-state index contributed by atoms with van der Waals surface area (Å²) in [5.74, 6) is -1.20. The van der Waals surface area contributed by atoms with Crippen LogP contribution in [0.3, 0.4) is 0 Å². The van der Waals surface area contributed by atoms with E-state index in [1.54, 1.807) is 0 Å². The molecular formula is C16H28N2O4. The standard InChI is InChI=1S/C16H28N2O4/c1-16(2,3)22-15(21)17-12-8-11(14(19)20)9-18(10-12)13-6-4-5-7-13/h11-13H,4-10H2,1-3H3,(H,17,21)(H,19,20). The zero-order valence-electron chi connectivity index (χ0n) is 13.8. The van der Waals surface area contributed by atoms with Gasteiger partial charge in [-0.3, -0.25) is 9.69 Å². The lowest BCUT2D eigenvalue weighted by atomic mass is 9.93. The fourth-order valence-electron chi connectivity index (χ4n) is 3.46. The van der Waals surface area contributed by atoms with Crippen molar-refractivity contribution in [3.63, 3.8) is 0 Å². The van der Waals surface area contributed by atoms with Crippen molar-refractivity contribution in [1.29, 1.82) is 0 Å². The van der Waals surface area contributed by atoms with Gasteiger partial charge in [0.1, 0.15) is 5.60 Å². The molecule has 1 aliphatic heterocycles. The zero-order chi connectivity index (χ0) is 16.3. The third kappa shape index (κ3) is 4.87. The molecule has 1 heterocycles. The largest absolute Gasteiger partial charge is 0.481 e. The fraction of sp³-hybridized carbons (Fsp3) is 0.875. The van der Waals surface area contributed by atoms with Gasteiger partial charge in [0.05, 0.1) is 5.92 Å². The van der Waals surface area contributed by atoms with Gasteiger partial charge in [-0.1, -0.05) is 12.8 Å². The summed E-state index contributed by atoms with van der Waals surface area (Å²) in [7, 11) is 0. The van der Waals surface area contributed by atoms with Crippen molar-refractivity contribution in [2.75, 3.05) is 13.1 Å². The first kappa shape index (κ1) is 17.1. The van der Waals surface area contributed by atoms with E-state index >= 15 is 0 Å². The first-order chi connectivity index (χ1) is 10.2. The van der Waals surface area contributed by atoms with Crippen LogP contribution in [0.5, 0.6) is 0 Å². The summed E-state index contributed by atoms with van der Waals surface area (Å²) in [5.41, 5.74) is -0.546. The average Bonchev–Trinajstić information content (AvgIpc) is 2.89. The van der Waals surface area contributed by atoms with Crippen LogP contribution in [0.25, 0.3) is 0 Å². The molecule has 1 saturated heterocycles. The summed E-state index contributed by atoms with van der Waals surface area (Å²) in [6.07, 6.45) is 4.69. The first-order valence-corrected chi connectivity index (χ1v) is 8.21. The maximum Gasteiger partial charge on any atom is 0.407 e. The number of nitrogens with one attached hydrogen (secondary N) is 1. The number of hydrogen-bond donors (Lipinski definition) is 2. The second kappa shape index (κ2) is 6.86. The van der Waals surface area contributed by atoms with Crippen molar-refractivity contribution in [3.8, 4) is 0 Å². The fourth-order valence-corrected chi connectivity index (χ4v) is 3.46. The summed E-state index contributed by atoms with van der Waals surface area (Å²) in [6, 6.07) is 0.301. The van der Waals surface area contributed by atoms with E-state index in [0.29, 0.717) is 25.6 Å². The van der Waals surface area contributed by atoms with Crippen LogP contribution in [-0.2, 0) is 9.53 Å². The van der Waals surface area contributed by atoms with E-state index in [2.05, 4.69) is 10.2 Å². The number of carboxylic acids is 1. The van der Waals surface area contributed by atoms with E-state index < -0.39 is 23.6 Å². The van der Waals surface area contributed by atoms with Crippen LogP contribution >= 0.6 is 0 Å². The Balaban J connectivity index is 1.96. The molecule has 0 aromatic rings. The van der Waals surface area contributed by atoms with E-state index in [1.807, 2.05) is 20.8 Å². The monoisotopic (exact) mass is 312 g/mol. The molecule has 0 radical (unpaired) electrons. The van der Waals surface area contributed by atoms with Crippen LogP contribution in [0.15, 0.2) is 0 Å². The molecule has 22 heavy (non-hydrogen) atoms. The number of nitrogens with zero attached hydrogens (tertiary/aromatic N) is 1. The summed E-state index contributed by atoms with van der Waals surface area (Å²) in [4.78, 5) is 25.6. The molecule has 2 rings (SSSR count). The predicted molar refractivity (Wildman–Crippen MR) is 82.7 cm³/mol. The lowest BCUT2D eigenvalue weighted by Crippen LogP contribution is -2.55. The number of rotatable bonds is 3. The Labute approximate surface area is 132 Å². The first-order valence-electron chi connectivity index (χ1n) is 8.21. The number of carboxylic acid groups (broad SMARTS) is 1. The summed E-state index contributed by atoms with van der Waals surface area (Å²) in [6.45, 7) is 6.76. The van der Waals surface area contributed by atoms with Gasteiger partial charge in [-0.2, -0.15) is 0 Å². The van der Waals surface area contributed by atoms with Gasteiger partial charge in [0.15, 0.2) is 0 Å². The minimum atomic E-state index is -0.779. The second-order valence-electron chi connectivity index (χ2n) is 7.51. The topological polar surface area (TPSA) is 78.9 Å². The molecule has 1 saturated carbocycles. The van der Waals surface area contributed by atoms with Gasteiger partial charge in [0.25, 0.3) is 0 Å². The highest BCUT2D eigenvalue weighted by Crippen LogP contribution is 2.28. The van der Waals surface area contributed by atoms with E-state index in [0.717, 1.165) is 12.8 Å². The van der Waals surface area contributed by atoms with Crippen LogP contribution < -0.4 is 5.32 Å². The number of hydrogen-bond acceptors (Lipinski definition) is 4. The molecule has 0 bridgehead atoms. The smallest absolute Gasteiger partial charge is 0.407 e. The van der Waals surface area contributed by atoms with Gasteiger partial charge in [0.2, 0.25) is 0 Å². The zero-order valence-corrected chi connectivity index (χ0v) is 13.8. The van der Waals surface area contributed by atoms with E-state index in [9.17, 15) is 14.7 Å². The molecule has 6 heteroatoms. The van der Waals surface area contributed by atoms with Gasteiger partial charge in [0, 0.05) is 25.2 Å². The van der Waals surface area contributed by atoms with Crippen molar-refractivity contribution in [1.82, 2.24) is 10.2 Å². The number of piperidine rings is 1. The lowest BCUT2D eigenvalue weighted by molar-refractivity contribution is -0.144. The molecular weight excluding hydrogens is 284 g/mol. The van der Waals surface area contributed by atoms with E-state index in [-0.39, 0.29) is 6.04 Å².